The molecule has 3 aromatic rings. The fourth-order valence-corrected chi connectivity index (χ4v) is 2.70. The van der Waals surface area contributed by atoms with Gasteiger partial charge in [0.2, 0.25) is 5.91 Å². The Morgan fingerprint density at radius 2 is 2.04 bits per heavy atom. The van der Waals surface area contributed by atoms with Crippen molar-refractivity contribution in [1.82, 2.24) is 15.1 Å². The number of amides is 1. The molecule has 0 unspecified atom stereocenters. The molecule has 0 fully saturated rings. The summed E-state index contributed by atoms with van der Waals surface area (Å²) < 4.78 is 1.78. The van der Waals surface area contributed by atoms with Gasteiger partial charge in [0.1, 0.15) is 5.75 Å². The molecular formula is C19H19N3O2. The molecule has 0 spiro atoms. The average Bonchev–Trinajstić information content (AvgIpc) is 3.09. The number of hydrogen-bond acceptors (Lipinski definition) is 3. The summed E-state index contributed by atoms with van der Waals surface area (Å²) in [6.07, 6.45) is 3.82. The molecule has 1 heterocycles. The molecule has 0 saturated heterocycles. The van der Waals surface area contributed by atoms with Crippen LogP contribution in [0.5, 0.6) is 5.75 Å². The van der Waals surface area contributed by atoms with E-state index in [2.05, 4.69) is 10.4 Å². The quantitative estimate of drug-likeness (QED) is 0.759. The van der Waals surface area contributed by atoms with E-state index in [0.717, 1.165) is 16.8 Å². The third kappa shape index (κ3) is 3.63. The standard InChI is InChI=1S/C19H19N3O2/c1-14(21-19(24)13-15-6-4-7-16(23)12-15)17-8-2-3-9-18(17)22-11-5-10-20-22/h2-12,14,23H,13H2,1H3,(H,21,24)/t14-/m1/s1. The third-order valence-corrected chi connectivity index (χ3v) is 3.81. The SMILES string of the molecule is C[C@@H](NC(=O)Cc1cccc(O)c1)c1ccccc1-n1cccn1. The van der Waals surface area contributed by atoms with Crippen LogP contribution in [0.25, 0.3) is 5.69 Å². The van der Waals surface area contributed by atoms with Gasteiger partial charge in [-0.05, 0) is 42.3 Å². The van der Waals surface area contributed by atoms with Crippen LogP contribution in [0.4, 0.5) is 0 Å². The fourth-order valence-electron chi connectivity index (χ4n) is 2.70. The molecule has 1 amide bonds. The lowest BCUT2D eigenvalue weighted by atomic mass is 10.1. The second-order valence-electron chi connectivity index (χ2n) is 5.65. The number of nitrogens with one attached hydrogen (secondary N) is 1. The number of rotatable bonds is 5. The molecule has 0 bridgehead atoms. The summed E-state index contributed by atoms with van der Waals surface area (Å²) in [6, 6.07) is 16.3. The van der Waals surface area contributed by atoms with Gasteiger partial charge in [-0.25, -0.2) is 4.68 Å². The smallest absolute Gasteiger partial charge is 0.224 e. The van der Waals surface area contributed by atoms with Crippen molar-refractivity contribution >= 4 is 5.91 Å². The Kier molecular flexibility index (Phi) is 4.61. The van der Waals surface area contributed by atoms with E-state index < -0.39 is 0 Å². The van der Waals surface area contributed by atoms with Gasteiger partial charge in [0.25, 0.3) is 0 Å². The summed E-state index contributed by atoms with van der Waals surface area (Å²) in [6.45, 7) is 1.95. The second-order valence-corrected chi connectivity index (χ2v) is 5.65. The van der Waals surface area contributed by atoms with E-state index in [9.17, 15) is 9.90 Å². The van der Waals surface area contributed by atoms with Crippen LogP contribution in [0.3, 0.4) is 0 Å². The highest BCUT2D eigenvalue weighted by atomic mass is 16.3. The Hall–Kier alpha value is -3.08. The van der Waals surface area contributed by atoms with Crippen LogP contribution in [0.1, 0.15) is 24.1 Å². The molecule has 0 saturated carbocycles. The molecular weight excluding hydrogens is 302 g/mol. The molecule has 2 aromatic carbocycles. The minimum atomic E-state index is -0.157. The number of phenols is 1. The van der Waals surface area contributed by atoms with Gasteiger partial charge >= 0.3 is 0 Å². The van der Waals surface area contributed by atoms with Crippen molar-refractivity contribution < 1.29 is 9.90 Å². The molecule has 24 heavy (non-hydrogen) atoms. The van der Waals surface area contributed by atoms with Gasteiger partial charge in [0.05, 0.1) is 18.2 Å². The Bertz CT molecular complexity index is 828. The number of hydrogen-bond donors (Lipinski definition) is 2. The van der Waals surface area contributed by atoms with Crippen molar-refractivity contribution in [2.75, 3.05) is 0 Å². The van der Waals surface area contributed by atoms with E-state index in [0.29, 0.717) is 0 Å². The average molecular weight is 321 g/mol. The Balaban J connectivity index is 1.73. The Morgan fingerprint density at radius 1 is 1.21 bits per heavy atom. The molecule has 122 valence electrons. The van der Waals surface area contributed by atoms with Gasteiger partial charge in [-0.3, -0.25) is 4.79 Å². The molecule has 0 radical (unpaired) electrons. The summed E-state index contributed by atoms with van der Waals surface area (Å²) in [4.78, 5) is 12.3. The zero-order valence-electron chi connectivity index (χ0n) is 13.4. The number of phenolic OH excluding ortho intramolecular Hbond substituents is 1. The molecule has 0 aliphatic carbocycles. The third-order valence-electron chi connectivity index (χ3n) is 3.81. The van der Waals surface area contributed by atoms with E-state index in [-0.39, 0.29) is 24.1 Å². The number of nitrogens with zero attached hydrogens (tertiary/aromatic N) is 2. The Morgan fingerprint density at radius 3 is 2.79 bits per heavy atom. The zero-order chi connectivity index (χ0) is 16.9. The van der Waals surface area contributed by atoms with Crippen molar-refractivity contribution in [2.45, 2.75) is 19.4 Å². The molecule has 5 heteroatoms. The topological polar surface area (TPSA) is 67.2 Å². The van der Waals surface area contributed by atoms with Gasteiger partial charge in [0, 0.05) is 12.4 Å². The van der Waals surface area contributed by atoms with Gasteiger partial charge in [-0.15, -0.1) is 0 Å². The van der Waals surface area contributed by atoms with E-state index in [4.69, 9.17) is 0 Å². The van der Waals surface area contributed by atoms with E-state index >= 15 is 0 Å². The second kappa shape index (κ2) is 7.00. The first-order chi connectivity index (χ1) is 11.6. The first kappa shape index (κ1) is 15.8. The van der Waals surface area contributed by atoms with Crippen molar-refractivity contribution in [3.05, 3.63) is 78.1 Å². The summed E-state index contributed by atoms with van der Waals surface area (Å²) in [7, 11) is 0. The minimum Gasteiger partial charge on any atom is -0.508 e. The summed E-state index contributed by atoms with van der Waals surface area (Å²) in [5.74, 6) is 0.0701. The normalized spacial score (nSPS) is 11.9. The number of carbonyl (C=O) groups is 1. The lowest BCUT2D eigenvalue weighted by Crippen LogP contribution is -2.28. The van der Waals surface area contributed by atoms with Crippen LogP contribution >= 0.6 is 0 Å². The van der Waals surface area contributed by atoms with Crippen LogP contribution < -0.4 is 5.32 Å². The fraction of sp³-hybridized carbons (Fsp3) is 0.158. The zero-order valence-corrected chi connectivity index (χ0v) is 13.4. The highest BCUT2D eigenvalue weighted by Gasteiger charge is 2.14. The molecule has 0 aliphatic rings. The van der Waals surface area contributed by atoms with Crippen LogP contribution in [-0.2, 0) is 11.2 Å². The van der Waals surface area contributed by atoms with E-state index in [1.54, 1.807) is 29.1 Å². The lowest BCUT2D eigenvalue weighted by Gasteiger charge is -2.18. The number of benzene rings is 2. The van der Waals surface area contributed by atoms with Crippen LogP contribution in [0, 0.1) is 0 Å². The number of aromatic nitrogens is 2. The maximum absolute atomic E-state index is 12.3. The van der Waals surface area contributed by atoms with E-state index in [1.165, 1.54) is 0 Å². The Labute approximate surface area is 140 Å². The summed E-state index contributed by atoms with van der Waals surface area (Å²) in [5.41, 5.74) is 2.71. The number of aromatic hydroxyl groups is 1. The van der Waals surface area contributed by atoms with E-state index in [1.807, 2.05) is 49.5 Å². The molecule has 0 aliphatic heterocycles. The largest absolute Gasteiger partial charge is 0.508 e. The maximum atomic E-state index is 12.3. The number of carbonyl (C=O) groups excluding carboxylic acids is 1. The predicted molar refractivity (Wildman–Crippen MR) is 91.9 cm³/mol. The minimum absolute atomic E-state index is 0.0941. The molecule has 3 rings (SSSR count). The van der Waals surface area contributed by atoms with Gasteiger partial charge in [0.15, 0.2) is 0 Å². The summed E-state index contributed by atoms with van der Waals surface area (Å²) in [5, 5.41) is 16.8. The highest BCUT2D eigenvalue weighted by molar-refractivity contribution is 5.79. The molecule has 2 N–H and O–H groups in total. The maximum Gasteiger partial charge on any atom is 0.224 e. The van der Waals surface area contributed by atoms with Crippen LogP contribution in [0.2, 0.25) is 0 Å². The van der Waals surface area contributed by atoms with Crippen molar-refractivity contribution in [3.63, 3.8) is 0 Å². The van der Waals surface area contributed by atoms with Crippen molar-refractivity contribution in [3.8, 4) is 11.4 Å². The van der Waals surface area contributed by atoms with Gasteiger partial charge in [-0.2, -0.15) is 5.10 Å². The highest BCUT2D eigenvalue weighted by Crippen LogP contribution is 2.21. The first-order valence-corrected chi connectivity index (χ1v) is 7.79. The van der Waals surface area contributed by atoms with Crippen LogP contribution in [0.15, 0.2) is 67.0 Å². The molecule has 1 aromatic heterocycles. The first-order valence-electron chi connectivity index (χ1n) is 7.79. The van der Waals surface area contributed by atoms with Gasteiger partial charge in [-0.1, -0.05) is 30.3 Å². The number of para-hydroxylation sites is 1. The molecule has 1 atom stereocenters. The van der Waals surface area contributed by atoms with Crippen molar-refractivity contribution in [2.24, 2.45) is 0 Å². The van der Waals surface area contributed by atoms with Gasteiger partial charge < -0.3 is 10.4 Å². The summed E-state index contributed by atoms with van der Waals surface area (Å²) >= 11 is 0. The lowest BCUT2D eigenvalue weighted by molar-refractivity contribution is -0.121. The van der Waals surface area contributed by atoms with Crippen molar-refractivity contribution in [1.29, 1.82) is 0 Å². The predicted octanol–water partition coefficient (Wildman–Crippen LogP) is 3.00. The molecule has 5 nitrogen and oxygen atoms in total. The van der Waals surface area contributed by atoms with Crippen LogP contribution in [-0.4, -0.2) is 20.8 Å². The monoisotopic (exact) mass is 321 g/mol.